The first kappa shape index (κ1) is 12.2. The Hall–Kier alpha value is -1.22. The molecule has 0 fully saturated rings. The molecule has 0 saturated carbocycles. The van der Waals surface area contributed by atoms with Gasteiger partial charge in [-0.05, 0) is 19.0 Å². The standard InChI is InChI=1S/C14H21NO2/c1-2-3-4-5-9-15-10-12-7-6-8-13-14(12)17-11-16-13/h6-8,15H,2-5,9-11H2,1H3. The van der Waals surface area contributed by atoms with Crippen molar-refractivity contribution >= 4 is 0 Å². The van der Waals surface area contributed by atoms with Crippen molar-refractivity contribution in [1.82, 2.24) is 5.32 Å². The van der Waals surface area contributed by atoms with E-state index < -0.39 is 0 Å². The predicted molar refractivity (Wildman–Crippen MR) is 68.4 cm³/mol. The molecular formula is C14H21NO2. The first-order chi connectivity index (χ1) is 8.42. The molecule has 1 N–H and O–H groups in total. The van der Waals surface area contributed by atoms with Gasteiger partial charge in [0.1, 0.15) is 0 Å². The zero-order valence-corrected chi connectivity index (χ0v) is 10.5. The first-order valence-electron chi connectivity index (χ1n) is 6.50. The largest absolute Gasteiger partial charge is 0.454 e. The van der Waals surface area contributed by atoms with Crippen molar-refractivity contribution in [3.8, 4) is 11.5 Å². The molecule has 1 aliphatic heterocycles. The van der Waals surface area contributed by atoms with E-state index in [9.17, 15) is 0 Å². The molecule has 0 unspecified atom stereocenters. The number of unbranched alkanes of at least 4 members (excludes halogenated alkanes) is 3. The lowest BCUT2D eigenvalue weighted by atomic mass is 10.1. The summed E-state index contributed by atoms with van der Waals surface area (Å²) in [6.07, 6.45) is 5.19. The summed E-state index contributed by atoms with van der Waals surface area (Å²) < 4.78 is 10.8. The number of fused-ring (bicyclic) bond motifs is 1. The van der Waals surface area contributed by atoms with Gasteiger partial charge in [-0.2, -0.15) is 0 Å². The molecule has 1 heterocycles. The summed E-state index contributed by atoms with van der Waals surface area (Å²) in [6.45, 7) is 4.52. The second kappa shape index (κ2) is 6.50. The highest BCUT2D eigenvalue weighted by Gasteiger charge is 2.16. The molecule has 17 heavy (non-hydrogen) atoms. The van der Waals surface area contributed by atoms with E-state index in [1.54, 1.807) is 0 Å². The Morgan fingerprint density at radius 1 is 1.18 bits per heavy atom. The Morgan fingerprint density at radius 2 is 2.12 bits per heavy atom. The number of benzene rings is 1. The minimum Gasteiger partial charge on any atom is -0.454 e. The highest BCUT2D eigenvalue weighted by Crippen LogP contribution is 2.35. The zero-order valence-electron chi connectivity index (χ0n) is 10.5. The van der Waals surface area contributed by atoms with Crippen LogP contribution in [0, 0.1) is 0 Å². The first-order valence-corrected chi connectivity index (χ1v) is 6.50. The fourth-order valence-electron chi connectivity index (χ4n) is 2.03. The number of ether oxygens (including phenoxy) is 2. The van der Waals surface area contributed by atoms with Crippen molar-refractivity contribution in [3.63, 3.8) is 0 Å². The van der Waals surface area contributed by atoms with Crippen molar-refractivity contribution in [1.29, 1.82) is 0 Å². The van der Waals surface area contributed by atoms with Gasteiger partial charge in [-0.15, -0.1) is 0 Å². The molecule has 0 amide bonds. The van der Waals surface area contributed by atoms with Crippen LogP contribution in [0.2, 0.25) is 0 Å². The van der Waals surface area contributed by atoms with Gasteiger partial charge >= 0.3 is 0 Å². The van der Waals surface area contributed by atoms with Gasteiger partial charge in [-0.25, -0.2) is 0 Å². The van der Waals surface area contributed by atoms with E-state index in [-0.39, 0.29) is 0 Å². The van der Waals surface area contributed by atoms with E-state index in [0.717, 1.165) is 24.6 Å². The molecule has 2 rings (SSSR count). The van der Waals surface area contributed by atoms with Crippen molar-refractivity contribution in [2.45, 2.75) is 39.2 Å². The van der Waals surface area contributed by atoms with E-state index in [4.69, 9.17) is 9.47 Å². The van der Waals surface area contributed by atoms with Gasteiger partial charge in [0.25, 0.3) is 0 Å². The third-order valence-electron chi connectivity index (χ3n) is 3.00. The summed E-state index contributed by atoms with van der Waals surface area (Å²) in [5, 5.41) is 3.45. The number of para-hydroxylation sites is 1. The highest BCUT2D eigenvalue weighted by molar-refractivity contribution is 5.48. The Balaban J connectivity index is 1.74. The number of hydrogen-bond acceptors (Lipinski definition) is 3. The second-order valence-electron chi connectivity index (χ2n) is 4.39. The third kappa shape index (κ3) is 3.37. The lowest BCUT2D eigenvalue weighted by molar-refractivity contribution is 0.173. The van der Waals surface area contributed by atoms with Crippen molar-refractivity contribution in [2.75, 3.05) is 13.3 Å². The maximum Gasteiger partial charge on any atom is 0.231 e. The molecule has 0 radical (unpaired) electrons. The Labute approximate surface area is 103 Å². The van der Waals surface area contributed by atoms with Crippen LogP contribution in [-0.2, 0) is 6.54 Å². The molecule has 0 saturated heterocycles. The average Bonchev–Trinajstić information content (AvgIpc) is 2.82. The highest BCUT2D eigenvalue weighted by atomic mass is 16.7. The minimum atomic E-state index is 0.350. The Bertz CT molecular complexity index is 352. The lowest BCUT2D eigenvalue weighted by Crippen LogP contribution is -2.15. The van der Waals surface area contributed by atoms with Gasteiger partial charge in [0.05, 0.1) is 0 Å². The fraction of sp³-hybridized carbons (Fsp3) is 0.571. The molecule has 3 heteroatoms. The average molecular weight is 235 g/mol. The number of nitrogens with one attached hydrogen (secondary N) is 1. The molecule has 0 bridgehead atoms. The molecule has 0 aromatic heterocycles. The van der Waals surface area contributed by atoms with Crippen LogP contribution in [0.3, 0.4) is 0 Å². The third-order valence-corrected chi connectivity index (χ3v) is 3.00. The Kier molecular flexibility index (Phi) is 4.68. The smallest absolute Gasteiger partial charge is 0.231 e. The van der Waals surface area contributed by atoms with Crippen LogP contribution in [0.15, 0.2) is 18.2 Å². The van der Waals surface area contributed by atoms with Crippen molar-refractivity contribution in [3.05, 3.63) is 23.8 Å². The fourth-order valence-corrected chi connectivity index (χ4v) is 2.03. The van der Waals surface area contributed by atoms with Crippen LogP contribution < -0.4 is 14.8 Å². The van der Waals surface area contributed by atoms with Gasteiger partial charge in [0.15, 0.2) is 11.5 Å². The van der Waals surface area contributed by atoms with Gasteiger partial charge in [0.2, 0.25) is 6.79 Å². The van der Waals surface area contributed by atoms with Gasteiger partial charge < -0.3 is 14.8 Å². The molecule has 1 aromatic rings. The molecule has 0 atom stereocenters. The van der Waals surface area contributed by atoms with Crippen LogP contribution in [0.1, 0.15) is 38.2 Å². The maximum atomic E-state index is 5.46. The molecule has 1 aromatic carbocycles. The molecule has 0 spiro atoms. The lowest BCUT2D eigenvalue weighted by Gasteiger charge is -2.07. The quantitative estimate of drug-likeness (QED) is 0.737. The van der Waals surface area contributed by atoms with Gasteiger partial charge in [-0.3, -0.25) is 0 Å². The summed E-state index contributed by atoms with van der Waals surface area (Å²) in [7, 11) is 0. The van der Waals surface area contributed by atoms with Crippen LogP contribution in [0.25, 0.3) is 0 Å². The van der Waals surface area contributed by atoms with Crippen LogP contribution >= 0.6 is 0 Å². The molecule has 3 nitrogen and oxygen atoms in total. The predicted octanol–water partition coefficient (Wildman–Crippen LogP) is 3.09. The maximum absolute atomic E-state index is 5.46. The normalized spacial score (nSPS) is 13.0. The minimum absolute atomic E-state index is 0.350. The van der Waals surface area contributed by atoms with Crippen LogP contribution in [-0.4, -0.2) is 13.3 Å². The molecular weight excluding hydrogens is 214 g/mol. The van der Waals surface area contributed by atoms with Gasteiger partial charge in [-0.1, -0.05) is 38.3 Å². The van der Waals surface area contributed by atoms with Crippen molar-refractivity contribution < 1.29 is 9.47 Å². The number of hydrogen-bond donors (Lipinski definition) is 1. The van der Waals surface area contributed by atoms with E-state index >= 15 is 0 Å². The molecule has 94 valence electrons. The van der Waals surface area contributed by atoms with E-state index in [1.165, 1.54) is 31.2 Å². The second-order valence-corrected chi connectivity index (χ2v) is 4.39. The van der Waals surface area contributed by atoms with E-state index in [1.807, 2.05) is 12.1 Å². The molecule has 0 aliphatic carbocycles. The van der Waals surface area contributed by atoms with Crippen molar-refractivity contribution in [2.24, 2.45) is 0 Å². The summed E-state index contributed by atoms with van der Waals surface area (Å²) in [6, 6.07) is 6.06. The molecule has 1 aliphatic rings. The Morgan fingerprint density at radius 3 is 3.00 bits per heavy atom. The van der Waals surface area contributed by atoms with E-state index in [0.29, 0.717) is 6.79 Å². The summed E-state index contributed by atoms with van der Waals surface area (Å²) in [5.74, 6) is 1.78. The summed E-state index contributed by atoms with van der Waals surface area (Å²) >= 11 is 0. The summed E-state index contributed by atoms with van der Waals surface area (Å²) in [4.78, 5) is 0. The number of rotatable bonds is 7. The van der Waals surface area contributed by atoms with Crippen LogP contribution in [0.5, 0.6) is 11.5 Å². The topological polar surface area (TPSA) is 30.5 Å². The van der Waals surface area contributed by atoms with Crippen LogP contribution in [0.4, 0.5) is 0 Å². The van der Waals surface area contributed by atoms with E-state index in [2.05, 4.69) is 18.3 Å². The van der Waals surface area contributed by atoms with Gasteiger partial charge in [0, 0.05) is 12.1 Å². The SMILES string of the molecule is CCCCCCNCc1cccc2c1OCO2. The summed E-state index contributed by atoms with van der Waals surface area (Å²) in [5.41, 5.74) is 1.19. The zero-order chi connectivity index (χ0) is 11.9. The monoisotopic (exact) mass is 235 g/mol.